The maximum Gasteiger partial charge on any atom is 0.251 e. The number of carbonyl (C=O) groups is 1. The zero-order chi connectivity index (χ0) is 25.7. The van der Waals surface area contributed by atoms with Gasteiger partial charge in [0.25, 0.3) is 5.91 Å². The Hall–Kier alpha value is -4.12. The highest BCUT2D eigenvalue weighted by atomic mass is 32.2. The fourth-order valence-electron chi connectivity index (χ4n) is 3.66. The van der Waals surface area contributed by atoms with Crippen LogP contribution in [0.1, 0.15) is 29.3 Å². The van der Waals surface area contributed by atoms with E-state index in [0.29, 0.717) is 47.4 Å². The standard InChI is InChI=1S/C25H29N7O3S/c1-4-13-27-24(33)17-9-7-10-19(15-17)29-25-30-22-20(12-14-26-22)23(31-25)28-16-18-8-5-6-11-21(18)32(2)36(3,34)35/h5-12,14-15H,4,13,16H2,1-3H3,(H,27,33)(H3,26,28,29,30,31). The molecule has 11 heteroatoms. The summed E-state index contributed by atoms with van der Waals surface area (Å²) in [5.41, 5.74) is 3.24. The summed E-state index contributed by atoms with van der Waals surface area (Å²) < 4.78 is 25.4. The highest BCUT2D eigenvalue weighted by Gasteiger charge is 2.16. The van der Waals surface area contributed by atoms with E-state index in [9.17, 15) is 13.2 Å². The number of carbonyl (C=O) groups excluding carboxylic acids is 1. The second-order valence-corrected chi connectivity index (χ2v) is 10.3. The molecule has 4 aromatic rings. The number of anilines is 4. The average molecular weight is 508 g/mol. The Morgan fingerprint density at radius 3 is 2.67 bits per heavy atom. The van der Waals surface area contributed by atoms with Crippen molar-refractivity contribution in [1.29, 1.82) is 0 Å². The molecule has 2 aromatic heterocycles. The summed E-state index contributed by atoms with van der Waals surface area (Å²) in [5, 5.41) is 10.2. The Morgan fingerprint density at radius 2 is 1.89 bits per heavy atom. The number of aromatic nitrogens is 3. The minimum Gasteiger partial charge on any atom is -0.365 e. The van der Waals surface area contributed by atoms with Crippen LogP contribution in [-0.4, -0.2) is 49.1 Å². The summed E-state index contributed by atoms with van der Waals surface area (Å²) in [5.74, 6) is 0.791. The van der Waals surface area contributed by atoms with Gasteiger partial charge in [0.15, 0.2) is 0 Å². The minimum absolute atomic E-state index is 0.138. The van der Waals surface area contributed by atoms with Crippen molar-refractivity contribution < 1.29 is 13.2 Å². The molecule has 10 nitrogen and oxygen atoms in total. The van der Waals surface area contributed by atoms with Crippen molar-refractivity contribution in [2.24, 2.45) is 0 Å². The molecular weight excluding hydrogens is 478 g/mol. The second-order valence-electron chi connectivity index (χ2n) is 8.31. The van der Waals surface area contributed by atoms with Crippen LogP contribution in [0.5, 0.6) is 0 Å². The van der Waals surface area contributed by atoms with Gasteiger partial charge < -0.3 is 20.9 Å². The quantitative estimate of drug-likeness (QED) is 0.256. The highest BCUT2D eigenvalue weighted by Crippen LogP contribution is 2.26. The number of amides is 1. The molecule has 2 aromatic carbocycles. The van der Waals surface area contributed by atoms with E-state index in [0.717, 1.165) is 17.4 Å². The molecule has 0 aliphatic rings. The molecule has 0 fully saturated rings. The van der Waals surface area contributed by atoms with Crippen molar-refractivity contribution in [3.05, 3.63) is 71.9 Å². The van der Waals surface area contributed by atoms with Gasteiger partial charge in [0.05, 0.1) is 17.3 Å². The summed E-state index contributed by atoms with van der Waals surface area (Å²) in [6, 6.07) is 16.3. The number of para-hydroxylation sites is 1. The van der Waals surface area contributed by atoms with Gasteiger partial charge >= 0.3 is 0 Å². The molecule has 0 aliphatic heterocycles. The van der Waals surface area contributed by atoms with Gasteiger partial charge in [-0.1, -0.05) is 31.2 Å². The molecule has 188 valence electrons. The SMILES string of the molecule is CCCNC(=O)c1cccc(Nc2nc(NCc3ccccc3N(C)S(C)(=O)=O)c3cc[nH]c3n2)c1. The van der Waals surface area contributed by atoms with E-state index >= 15 is 0 Å². The van der Waals surface area contributed by atoms with E-state index in [2.05, 4.69) is 30.9 Å². The molecule has 4 N–H and O–H groups in total. The number of nitrogens with one attached hydrogen (secondary N) is 4. The monoisotopic (exact) mass is 507 g/mol. The number of benzene rings is 2. The van der Waals surface area contributed by atoms with Crippen LogP contribution in [0, 0.1) is 0 Å². The highest BCUT2D eigenvalue weighted by molar-refractivity contribution is 7.92. The molecule has 1 amide bonds. The van der Waals surface area contributed by atoms with Gasteiger partial charge in [0.2, 0.25) is 16.0 Å². The Balaban J connectivity index is 1.58. The third-order valence-corrected chi connectivity index (χ3v) is 6.80. The molecule has 4 rings (SSSR count). The van der Waals surface area contributed by atoms with Crippen LogP contribution < -0.4 is 20.3 Å². The van der Waals surface area contributed by atoms with E-state index < -0.39 is 10.0 Å². The lowest BCUT2D eigenvalue weighted by Crippen LogP contribution is -2.26. The molecule has 0 bridgehead atoms. The van der Waals surface area contributed by atoms with Gasteiger partial charge in [0, 0.05) is 37.6 Å². The zero-order valence-corrected chi connectivity index (χ0v) is 21.2. The first-order chi connectivity index (χ1) is 17.3. The fourth-order valence-corrected chi connectivity index (χ4v) is 4.20. The lowest BCUT2D eigenvalue weighted by Gasteiger charge is -2.20. The molecule has 2 heterocycles. The second kappa shape index (κ2) is 10.6. The predicted molar refractivity (Wildman–Crippen MR) is 143 cm³/mol. The lowest BCUT2D eigenvalue weighted by molar-refractivity contribution is 0.0953. The predicted octanol–water partition coefficient (Wildman–Crippen LogP) is 3.85. The van der Waals surface area contributed by atoms with Crippen molar-refractivity contribution in [2.45, 2.75) is 19.9 Å². The maximum absolute atomic E-state index is 12.3. The molecular formula is C25H29N7O3S. The number of hydrogen-bond acceptors (Lipinski definition) is 7. The van der Waals surface area contributed by atoms with E-state index in [-0.39, 0.29) is 5.91 Å². The van der Waals surface area contributed by atoms with Crippen LogP contribution in [0.4, 0.5) is 23.1 Å². The maximum atomic E-state index is 12.3. The van der Waals surface area contributed by atoms with Gasteiger partial charge in [-0.05, 0) is 42.3 Å². The van der Waals surface area contributed by atoms with Crippen LogP contribution in [0.2, 0.25) is 0 Å². The third-order valence-electron chi connectivity index (χ3n) is 5.61. The Morgan fingerprint density at radius 1 is 1.08 bits per heavy atom. The number of sulfonamides is 1. The number of nitrogens with zero attached hydrogens (tertiary/aromatic N) is 3. The van der Waals surface area contributed by atoms with Gasteiger partial charge in [-0.15, -0.1) is 0 Å². The van der Waals surface area contributed by atoms with Gasteiger partial charge in [-0.25, -0.2) is 8.42 Å². The van der Waals surface area contributed by atoms with Crippen LogP contribution in [0.3, 0.4) is 0 Å². The lowest BCUT2D eigenvalue weighted by atomic mass is 10.1. The first-order valence-electron chi connectivity index (χ1n) is 11.5. The molecule has 0 radical (unpaired) electrons. The third kappa shape index (κ3) is 5.74. The van der Waals surface area contributed by atoms with Crippen molar-refractivity contribution >= 4 is 50.1 Å². The van der Waals surface area contributed by atoms with Gasteiger partial charge in [-0.3, -0.25) is 9.10 Å². The number of fused-ring (bicyclic) bond motifs is 1. The summed E-state index contributed by atoms with van der Waals surface area (Å²) in [4.78, 5) is 24.6. The number of H-pyrrole nitrogens is 1. The Labute approximate surface area is 210 Å². The molecule has 0 spiro atoms. The van der Waals surface area contributed by atoms with Crippen LogP contribution in [0.25, 0.3) is 11.0 Å². The summed E-state index contributed by atoms with van der Waals surface area (Å²) in [6.07, 6.45) is 3.81. The molecule has 0 saturated carbocycles. The van der Waals surface area contributed by atoms with Crippen LogP contribution >= 0.6 is 0 Å². The van der Waals surface area contributed by atoms with E-state index in [1.54, 1.807) is 36.5 Å². The molecule has 0 unspecified atom stereocenters. The molecule has 0 aliphatic carbocycles. The summed E-state index contributed by atoms with van der Waals surface area (Å²) in [6.45, 7) is 2.96. The largest absolute Gasteiger partial charge is 0.365 e. The van der Waals surface area contributed by atoms with Crippen molar-refractivity contribution in [1.82, 2.24) is 20.3 Å². The van der Waals surface area contributed by atoms with Crippen LogP contribution in [-0.2, 0) is 16.6 Å². The smallest absolute Gasteiger partial charge is 0.251 e. The van der Waals surface area contributed by atoms with Gasteiger partial charge in [0.1, 0.15) is 11.5 Å². The fraction of sp³-hybridized carbons (Fsp3) is 0.240. The zero-order valence-electron chi connectivity index (χ0n) is 20.4. The Kier molecular flexibility index (Phi) is 7.39. The minimum atomic E-state index is -3.41. The van der Waals surface area contributed by atoms with E-state index in [4.69, 9.17) is 0 Å². The molecule has 0 saturated heterocycles. The van der Waals surface area contributed by atoms with Crippen molar-refractivity contribution in [3.63, 3.8) is 0 Å². The first kappa shape index (κ1) is 25.0. The van der Waals surface area contributed by atoms with E-state index in [1.165, 1.54) is 17.6 Å². The van der Waals surface area contributed by atoms with Crippen molar-refractivity contribution in [2.75, 3.05) is 34.8 Å². The van der Waals surface area contributed by atoms with E-state index in [1.807, 2.05) is 31.2 Å². The summed E-state index contributed by atoms with van der Waals surface area (Å²) in [7, 11) is -1.88. The Bertz CT molecular complexity index is 1480. The average Bonchev–Trinajstić information content (AvgIpc) is 3.34. The van der Waals surface area contributed by atoms with Gasteiger partial charge in [-0.2, -0.15) is 9.97 Å². The molecule has 36 heavy (non-hydrogen) atoms. The number of rotatable bonds is 10. The topological polar surface area (TPSA) is 132 Å². The normalized spacial score (nSPS) is 11.3. The number of aromatic amines is 1. The van der Waals surface area contributed by atoms with Crippen molar-refractivity contribution in [3.8, 4) is 0 Å². The summed E-state index contributed by atoms with van der Waals surface area (Å²) >= 11 is 0. The van der Waals surface area contributed by atoms with Crippen LogP contribution in [0.15, 0.2) is 60.8 Å². The number of hydrogen-bond donors (Lipinski definition) is 4. The molecule has 0 atom stereocenters. The first-order valence-corrected chi connectivity index (χ1v) is 13.4.